The molecule has 28 heavy (non-hydrogen) atoms. The lowest BCUT2D eigenvalue weighted by molar-refractivity contribution is -0.121. The van der Waals surface area contributed by atoms with E-state index in [1.54, 1.807) is 31.3 Å². The molecule has 0 unspecified atom stereocenters. The van der Waals surface area contributed by atoms with Crippen LogP contribution in [0.2, 0.25) is 0 Å². The minimum absolute atomic E-state index is 0.151. The fraction of sp³-hybridized carbons (Fsp3) is 0.158. The molecule has 3 aromatic rings. The summed E-state index contributed by atoms with van der Waals surface area (Å²) in [6, 6.07) is 8.32. The maximum absolute atomic E-state index is 14.1. The van der Waals surface area contributed by atoms with Crippen molar-refractivity contribution in [3.63, 3.8) is 0 Å². The number of imide groups is 1. The number of para-hydroxylation sites is 1. The predicted octanol–water partition coefficient (Wildman–Crippen LogP) is 2.48. The highest BCUT2D eigenvalue weighted by atomic mass is 19.1. The second-order valence-electron chi connectivity index (χ2n) is 6.38. The smallest absolute Gasteiger partial charge is 0.242 e. The number of nitrogens with two attached hydrogens (primary N) is 1. The molecular formula is C19H15F2N5O2. The van der Waals surface area contributed by atoms with E-state index < -0.39 is 35.1 Å². The third-order valence-electron chi connectivity index (χ3n) is 4.67. The van der Waals surface area contributed by atoms with Gasteiger partial charge >= 0.3 is 0 Å². The SMILES string of the molecule is Cc1nn(-c2ccccn2)c(N)c1[C@H]1CC(=O)N(c2c(F)cccc2F)C1=O. The topological polar surface area (TPSA) is 94.1 Å². The molecule has 0 aliphatic carbocycles. The molecule has 0 bridgehead atoms. The van der Waals surface area contributed by atoms with E-state index in [1.165, 1.54) is 4.68 Å². The Morgan fingerprint density at radius 1 is 1.11 bits per heavy atom. The number of hydrogen-bond acceptors (Lipinski definition) is 5. The van der Waals surface area contributed by atoms with Gasteiger partial charge in [0.05, 0.1) is 11.6 Å². The maximum Gasteiger partial charge on any atom is 0.242 e. The summed E-state index contributed by atoms with van der Waals surface area (Å²) in [5.74, 6) is -3.81. The summed E-state index contributed by atoms with van der Waals surface area (Å²) in [4.78, 5) is 30.1. The molecule has 3 heterocycles. The average molecular weight is 383 g/mol. The Balaban J connectivity index is 1.77. The highest BCUT2D eigenvalue weighted by Crippen LogP contribution is 2.39. The molecule has 1 fully saturated rings. The van der Waals surface area contributed by atoms with Crippen molar-refractivity contribution in [3.05, 3.63) is 65.5 Å². The number of hydrogen-bond donors (Lipinski definition) is 1. The second kappa shape index (κ2) is 6.52. The summed E-state index contributed by atoms with van der Waals surface area (Å²) in [6.45, 7) is 1.65. The van der Waals surface area contributed by atoms with Crippen molar-refractivity contribution in [1.29, 1.82) is 0 Å². The van der Waals surface area contributed by atoms with Crippen molar-refractivity contribution in [2.45, 2.75) is 19.3 Å². The van der Waals surface area contributed by atoms with Crippen LogP contribution in [0.15, 0.2) is 42.6 Å². The van der Waals surface area contributed by atoms with Crippen molar-refractivity contribution >= 4 is 23.3 Å². The van der Waals surface area contributed by atoms with Crippen LogP contribution in [0.1, 0.15) is 23.6 Å². The van der Waals surface area contributed by atoms with Gasteiger partial charge in [-0.05, 0) is 31.2 Å². The highest BCUT2D eigenvalue weighted by molar-refractivity contribution is 6.23. The Morgan fingerprint density at radius 3 is 2.46 bits per heavy atom. The second-order valence-corrected chi connectivity index (χ2v) is 6.38. The number of nitrogens with zero attached hydrogens (tertiary/aromatic N) is 4. The number of aryl methyl sites for hydroxylation is 1. The van der Waals surface area contributed by atoms with Gasteiger partial charge in [0.1, 0.15) is 23.1 Å². The van der Waals surface area contributed by atoms with E-state index in [4.69, 9.17) is 5.73 Å². The molecule has 2 amide bonds. The number of nitrogen functional groups attached to an aromatic ring is 1. The van der Waals surface area contributed by atoms with E-state index in [9.17, 15) is 18.4 Å². The first-order chi connectivity index (χ1) is 13.4. The van der Waals surface area contributed by atoms with E-state index in [1.807, 2.05) is 0 Å². The van der Waals surface area contributed by atoms with Crippen LogP contribution in [0, 0.1) is 18.6 Å². The van der Waals surface area contributed by atoms with Crippen LogP contribution in [0.25, 0.3) is 5.82 Å². The average Bonchev–Trinajstić information content (AvgIpc) is 3.12. The van der Waals surface area contributed by atoms with Crippen LogP contribution in [-0.2, 0) is 9.59 Å². The monoisotopic (exact) mass is 383 g/mol. The van der Waals surface area contributed by atoms with Gasteiger partial charge in [0, 0.05) is 18.2 Å². The molecule has 1 aliphatic rings. The van der Waals surface area contributed by atoms with Crippen molar-refractivity contribution < 1.29 is 18.4 Å². The number of carbonyl (C=O) groups excluding carboxylic acids is 2. The largest absolute Gasteiger partial charge is 0.383 e. The molecule has 0 radical (unpaired) electrons. The molecule has 1 aliphatic heterocycles. The number of amides is 2. The quantitative estimate of drug-likeness (QED) is 0.702. The zero-order chi connectivity index (χ0) is 20.0. The van der Waals surface area contributed by atoms with Crippen molar-refractivity contribution in [3.8, 4) is 5.82 Å². The van der Waals surface area contributed by atoms with Gasteiger partial charge in [0.25, 0.3) is 0 Å². The number of rotatable bonds is 3. The fourth-order valence-electron chi connectivity index (χ4n) is 3.44. The molecule has 1 atom stereocenters. The Labute approximate surface area is 158 Å². The Bertz CT molecular complexity index is 1080. The maximum atomic E-state index is 14.1. The summed E-state index contributed by atoms with van der Waals surface area (Å²) in [7, 11) is 0. The zero-order valence-electron chi connectivity index (χ0n) is 14.8. The molecule has 7 nitrogen and oxygen atoms in total. The van der Waals surface area contributed by atoms with Crippen LogP contribution >= 0.6 is 0 Å². The van der Waals surface area contributed by atoms with Crippen LogP contribution < -0.4 is 10.6 Å². The molecule has 0 spiro atoms. The molecule has 4 rings (SSSR count). The summed E-state index contributed by atoms with van der Waals surface area (Å²) in [6.07, 6.45) is 1.31. The van der Waals surface area contributed by atoms with Gasteiger partial charge in [0.15, 0.2) is 5.82 Å². The number of carbonyl (C=O) groups is 2. The van der Waals surface area contributed by atoms with Crippen molar-refractivity contribution in [2.24, 2.45) is 0 Å². The lowest BCUT2D eigenvalue weighted by Crippen LogP contribution is -2.32. The van der Waals surface area contributed by atoms with E-state index in [-0.39, 0.29) is 12.2 Å². The number of pyridine rings is 1. The predicted molar refractivity (Wildman–Crippen MR) is 96.7 cm³/mol. The van der Waals surface area contributed by atoms with Gasteiger partial charge in [-0.15, -0.1) is 0 Å². The Kier molecular flexibility index (Phi) is 4.14. The summed E-state index contributed by atoms with van der Waals surface area (Å²) >= 11 is 0. The lowest BCUT2D eigenvalue weighted by Gasteiger charge is -2.16. The molecule has 9 heteroatoms. The first-order valence-corrected chi connectivity index (χ1v) is 8.47. The van der Waals surface area contributed by atoms with E-state index in [0.717, 1.165) is 18.2 Å². The van der Waals surface area contributed by atoms with Gasteiger partial charge in [0.2, 0.25) is 11.8 Å². The van der Waals surface area contributed by atoms with Crippen LogP contribution in [0.4, 0.5) is 20.3 Å². The number of anilines is 2. The third-order valence-corrected chi connectivity index (χ3v) is 4.67. The number of halogens is 2. The molecule has 1 aromatic carbocycles. The van der Waals surface area contributed by atoms with Crippen LogP contribution in [-0.4, -0.2) is 26.6 Å². The first kappa shape index (κ1) is 17.8. The zero-order valence-corrected chi connectivity index (χ0v) is 14.8. The molecule has 2 aromatic heterocycles. The van der Waals surface area contributed by atoms with E-state index >= 15 is 0 Å². The van der Waals surface area contributed by atoms with Crippen molar-refractivity contribution in [1.82, 2.24) is 14.8 Å². The normalized spacial score (nSPS) is 16.8. The molecule has 142 valence electrons. The summed E-state index contributed by atoms with van der Waals surface area (Å²) in [5, 5.41) is 4.32. The molecular weight excluding hydrogens is 368 g/mol. The van der Waals surface area contributed by atoms with Crippen LogP contribution in [0.5, 0.6) is 0 Å². The summed E-state index contributed by atoms with van der Waals surface area (Å²) in [5.41, 5.74) is 6.31. The van der Waals surface area contributed by atoms with Crippen LogP contribution in [0.3, 0.4) is 0 Å². The summed E-state index contributed by atoms with van der Waals surface area (Å²) < 4.78 is 29.6. The first-order valence-electron chi connectivity index (χ1n) is 8.47. The minimum atomic E-state index is -0.990. The van der Waals surface area contributed by atoms with Gasteiger partial charge in [-0.2, -0.15) is 9.78 Å². The van der Waals surface area contributed by atoms with Crippen molar-refractivity contribution in [2.75, 3.05) is 10.6 Å². The van der Waals surface area contributed by atoms with Gasteiger partial charge in [-0.3, -0.25) is 9.59 Å². The lowest BCUT2D eigenvalue weighted by atomic mass is 9.97. The van der Waals surface area contributed by atoms with E-state index in [2.05, 4.69) is 10.1 Å². The standard InChI is InChI=1S/C19H15F2N5O2/c1-10-16(18(22)26(24-10)14-7-2-3-8-23-14)11-9-15(27)25(19(11)28)17-12(20)5-4-6-13(17)21/h2-8,11H,9,22H2,1H3/t11-/m1/s1. The molecule has 0 saturated carbocycles. The fourth-order valence-corrected chi connectivity index (χ4v) is 3.44. The molecule has 1 saturated heterocycles. The number of aromatic nitrogens is 3. The Morgan fingerprint density at radius 2 is 1.82 bits per heavy atom. The van der Waals surface area contributed by atoms with Gasteiger partial charge in [-0.25, -0.2) is 18.7 Å². The van der Waals surface area contributed by atoms with E-state index in [0.29, 0.717) is 22.0 Å². The van der Waals surface area contributed by atoms with Gasteiger partial charge in [-0.1, -0.05) is 12.1 Å². The third kappa shape index (κ3) is 2.63. The van der Waals surface area contributed by atoms with Gasteiger partial charge < -0.3 is 5.73 Å². The highest BCUT2D eigenvalue weighted by Gasteiger charge is 2.45. The molecule has 2 N–H and O–H groups in total. The Hall–Kier alpha value is -3.62. The number of benzene rings is 1. The minimum Gasteiger partial charge on any atom is -0.383 e.